The maximum atomic E-state index is 13.0. The molecule has 6 heteroatoms. The molecule has 1 aliphatic carbocycles. The number of ketones is 1. The molecule has 1 N–H and O–H groups in total. The van der Waals surface area contributed by atoms with Crippen molar-refractivity contribution in [2.24, 2.45) is 0 Å². The molecule has 0 amide bonds. The molecule has 22 heavy (non-hydrogen) atoms. The summed E-state index contributed by atoms with van der Waals surface area (Å²) in [5, 5.41) is 10.4. The van der Waals surface area contributed by atoms with Gasteiger partial charge in [0.05, 0.1) is 11.0 Å². The molecule has 0 unspecified atom stereocenters. The predicted octanol–water partition coefficient (Wildman–Crippen LogP) is 1.63. The van der Waals surface area contributed by atoms with Crippen LogP contribution in [0.3, 0.4) is 0 Å². The number of nitrogens with zero attached hydrogens (tertiary/aromatic N) is 1. The van der Waals surface area contributed by atoms with Crippen LogP contribution in [0.5, 0.6) is 0 Å². The Hall–Kier alpha value is -1.24. The second-order valence-corrected chi connectivity index (χ2v) is 8.11. The van der Waals surface area contributed by atoms with Crippen LogP contribution in [0, 0.1) is 6.92 Å². The number of aliphatic hydroxyl groups is 1. The average molecular weight is 323 g/mol. The SMILES string of the molecule is Cc1ccc(S(=O)(=O)N2CCC[C@@H](O)[C@@]23CCCC3=O)cc1. The number of hydrogen-bond donors (Lipinski definition) is 1. The maximum absolute atomic E-state index is 13.0. The van der Waals surface area contributed by atoms with Crippen LogP contribution in [-0.2, 0) is 14.8 Å². The third-order valence-electron chi connectivity index (χ3n) is 4.89. The molecule has 5 nitrogen and oxygen atoms in total. The zero-order valence-electron chi connectivity index (χ0n) is 12.7. The molecule has 1 spiro atoms. The van der Waals surface area contributed by atoms with Gasteiger partial charge in [0.2, 0.25) is 10.0 Å². The second kappa shape index (κ2) is 5.44. The zero-order valence-corrected chi connectivity index (χ0v) is 13.5. The molecule has 2 aliphatic rings. The number of benzene rings is 1. The summed E-state index contributed by atoms with van der Waals surface area (Å²) in [7, 11) is -3.78. The van der Waals surface area contributed by atoms with E-state index < -0.39 is 21.7 Å². The number of Topliss-reactive ketones (excluding diaryl/α,β-unsaturated/α-hetero) is 1. The van der Waals surface area contributed by atoms with E-state index in [0.29, 0.717) is 38.6 Å². The van der Waals surface area contributed by atoms with Gasteiger partial charge in [-0.15, -0.1) is 0 Å². The monoisotopic (exact) mass is 323 g/mol. The van der Waals surface area contributed by atoms with Crippen molar-refractivity contribution in [3.05, 3.63) is 29.8 Å². The largest absolute Gasteiger partial charge is 0.391 e. The van der Waals surface area contributed by atoms with E-state index in [1.807, 2.05) is 6.92 Å². The topological polar surface area (TPSA) is 74.7 Å². The summed E-state index contributed by atoms with van der Waals surface area (Å²) in [6.45, 7) is 2.18. The Morgan fingerprint density at radius 3 is 2.50 bits per heavy atom. The quantitative estimate of drug-likeness (QED) is 0.898. The van der Waals surface area contributed by atoms with Crippen LogP contribution in [0.1, 0.15) is 37.7 Å². The van der Waals surface area contributed by atoms with E-state index in [1.54, 1.807) is 24.3 Å². The minimum Gasteiger partial charge on any atom is -0.391 e. The summed E-state index contributed by atoms with van der Waals surface area (Å²) in [4.78, 5) is 12.6. The van der Waals surface area contributed by atoms with E-state index in [-0.39, 0.29) is 10.7 Å². The van der Waals surface area contributed by atoms with Crippen LogP contribution >= 0.6 is 0 Å². The predicted molar refractivity (Wildman–Crippen MR) is 81.9 cm³/mol. The normalized spacial score (nSPS) is 30.1. The van der Waals surface area contributed by atoms with Crippen molar-refractivity contribution in [2.75, 3.05) is 6.54 Å². The molecule has 0 radical (unpaired) electrons. The lowest BCUT2D eigenvalue weighted by Gasteiger charge is -2.45. The zero-order chi connectivity index (χ0) is 16.0. The lowest BCUT2D eigenvalue weighted by molar-refractivity contribution is -0.134. The second-order valence-electron chi connectivity index (χ2n) is 6.25. The molecule has 0 aromatic heterocycles. The lowest BCUT2D eigenvalue weighted by Crippen LogP contribution is -2.64. The van der Waals surface area contributed by atoms with E-state index in [0.717, 1.165) is 5.56 Å². The Balaban J connectivity index is 2.08. The first kappa shape index (κ1) is 15.6. The fourth-order valence-electron chi connectivity index (χ4n) is 3.70. The van der Waals surface area contributed by atoms with Crippen molar-refractivity contribution in [3.8, 4) is 0 Å². The first-order valence-corrected chi connectivity index (χ1v) is 9.14. The minimum absolute atomic E-state index is 0.143. The Morgan fingerprint density at radius 1 is 1.23 bits per heavy atom. The van der Waals surface area contributed by atoms with E-state index in [9.17, 15) is 18.3 Å². The number of piperidine rings is 1. The molecular weight excluding hydrogens is 302 g/mol. The molecule has 1 saturated heterocycles. The number of sulfonamides is 1. The van der Waals surface area contributed by atoms with Crippen molar-refractivity contribution in [2.45, 2.75) is 55.6 Å². The van der Waals surface area contributed by atoms with Crippen molar-refractivity contribution in [1.29, 1.82) is 0 Å². The Kier molecular flexibility index (Phi) is 3.87. The van der Waals surface area contributed by atoms with Crippen molar-refractivity contribution in [1.82, 2.24) is 4.31 Å². The number of aryl methyl sites for hydroxylation is 1. The van der Waals surface area contributed by atoms with Gasteiger partial charge in [-0.2, -0.15) is 4.31 Å². The third-order valence-corrected chi connectivity index (χ3v) is 6.85. The van der Waals surface area contributed by atoms with Gasteiger partial charge in [0, 0.05) is 13.0 Å². The smallest absolute Gasteiger partial charge is 0.244 e. The first-order chi connectivity index (χ1) is 10.4. The van der Waals surface area contributed by atoms with Gasteiger partial charge in [-0.05, 0) is 44.7 Å². The molecule has 2 fully saturated rings. The van der Waals surface area contributed by atoms with Gasteiger partial charge < -0.3 is 5.11 Å². The fraction of sp³-hybridized carbons (Fsp3) is 0.562. The van der Waals surface area contributed by atoms with Crippen LogP contribution in [0.2, 0.25) is 0 Å². The number of aliphatic hydroxyl groups excluding tert-OH is 1. The van der Waals surface area contributed by atoms with Gasteiger partial charge in [-0.3, -0.25) is 4.79 Å². The molecule has 1 aromatic carbocycles. The number of rotatable bonds is 2. The summed E-state index contributed by atoms with van der Waals surface area (Å²) < 4.78 is 27.3. The lowest BCUT2D eigenvalue weighted by atomic mass is 9.83. The average Bonchev–Trinajstić information content (AvgIpc) is 2.85. The van der Waals surface area contributed by atoms with Gasteiger partial charge in [0.25, 0.3) is 0 Å². The summed E-state index contributed by atoms with van der Waals surface area (Å²) in [5.41, 5.74) is -0.272. The number of hydrogen-bond acceptors (Lipinski definition) is 4. The highest BCUT2D eigenvalue weighted by Gasteiger charge is 2.57. The van der Waals surface area contributed by atoms with E-state index in [2.05, 4.69) is 0 Å². The molecule has 1 aromatic rings. The van der Waals surface area contributed by atoms with Crippen LogP contribution in [0.4, 0.5) is 0 Å². The molecule has 2 atom stereocenters. The number of carbonyl (C=O) groups is 1. The number of carbonyl (C=O) groups excluding carboxylic acids is 1. The molecule has 1 aliphatic heterocycles. The van der Waals surface area contributed by atoms with Crippen molar-refractivity contribution in [3.63, 3.8) is 0 Å². The van der Waals surface area contributed by atoms with Crippen LogP contribution < -0.4 is 0 Å². The highest BCUT2D eigenvalue weighted by atomic mass is 32.2. The molecule has 0 bridgehead atoms. The van der Waals surface area contributed by atoms with Crippen LogP contribution in [-0.4, -0.2) is 41.8 Å². The third kappa shape index (κ3) is 2.21. The van der Waals surface area contributed by atoms with E-state index in [4.69, 9.17) is 0 Å². The highest BCUT2D eigenvalue weighted by molar-refractivity contribution is 7.89. The maximum Gasteiger partial charge on any atom is 0.244 e. The molecule has 1 saturated carbocycles. The summed E-state index contributed by atoms with van der Waals surface area (Å²) in [6.07, 6.45) is 1.54. The van der Waals surface area contributed by atoms with Gasteiger partial charge in [-0.25, -0.2) is 8.42 Å². The van der Waals surface area contributed by atoms with Crippen LogP contribution in [0.25, 0.3) is 0 Å². The van der Waals surface area contributed by atoms with E-state index in [1.165, 1.54) is 4.31 Å². The molecule has 3 rings (SSSR count). The van der Waals surface area contributed by atoms with E-state index >= 15 is 0 Å². The fourth-order valence-corrected chi connectivity index (χ4v) is 5.54. The minimum atomic E-state index is -3.78. The molecule has 120 valence electrons. The van der Waals surface area contributed by atoms with Gasteiger partial charge in [0.1, 0.15) is 5.54 Å². The van der Waals surface area contributed by atoms with Crippen molar-refractivity contribution < 1.29 is 18.3 Å². The standard InChI is InChI=1S/C16H21NO4S/c1-12-6-8-13(9-7-12)22(20,21)17-11-3-5-15(19)16(17)10-2-4-14(16)18/h6-9,15,19H,2-5,10-11H2,1H3/t15-,16+/m1/s1. The molecular formula is C16H21NO4S. The summed E-state index contributed by atoms with van der Waals surface area (Å²) in [6, 6.07) is 6.63. The first-order valence-electron chi connectivity index (χ1n) is 7.70. The Labute approximate surface area is 131 Å². The summed E-state index contributed by atoms with van der Waals surface area (Å²) >= 11 is 0. The Bertz CT molecular complexity index is 683. The molecule has 1 heterocycles. The van der Waals surface area contributed by atoms with Crippen molar-refractivity contribution >= 4 is 15.8 Å². The van der Waals surface area contributed by atoms with Gasteiger partial charge in [-0.1, -0.05) is 17.7 Å². The summed E-state index contributed by atoms with van der Waals surface area (Å²) in [5.74, 6) is -0.143. The highest BCUT2D eigenvalue weighted by Crippen LogP contribution is 2.42. The van der Waals surface area contributed by atoms with Crippen LogP contribution in [0.15, 0.2) is 29.2 Å². The Morgan fingerprint density at radius 2 is 1.91 bits per heavy atom. The van der Waals surface area contributed by atoms with Gasteiger partial charge >= 0.3 is 0 Å². The van der Waals surface area contributed by atoms with Gasteiger partial charge in [0.15, 0.2) is 5.78 Å².